The van der Waals surface area contributed by atoms with Crippen LogP contribution in [0.4, 0.5) is 4.79 Å². The van der Waals surface area contributed by atoms with Gasteiger partial charge in [-0.2, -0.15) is 0 Å². The molecule has 7 heteroatoms. The average molecular weight is 295 g/mol. The normalized spacial score (nSPS) is 42.0. The molecule has 7 nitrogen and oxygen atoms in total. The molecule has 2 aliphatic heterocycles. The summed E-state index contributed by atoms with van der Waals surface area (Å²) >= 11 is 0. The fourth-order valence-electron chi connectivity index (χ4n) is 4.76. The number of urea groups is 1. The Hall–Kier alpha value is -1.34. The summed E-state index contributed by atoms with van der Waals surface area (Å²) in [6, 6.07) is 0.393. The van der Waals surface area contributed by atoms with E-state index >= 15 is 0 Å². The Morgan fingerprint density at radius 2 is 2.19 bits per heavy atom. The third-order valence-electron chi connectivity index (χ3n) is 5.84. The molecule has 2 bridgehead atoms. The minimum atomic E-state index is -1.05. The first kappa shape index (κ1) is 13.3. The summed E-state index contributed by atoms with van der Waals surface area (Å²) in [5.41, 5.74) is -0.474. The van der Waals surface area contributed by atoms with Crippen LogP contribution in [-0.2, 0) is 9.53 Å². The molecule has 21 heavy (non-hydrogen) atoms. The molecule has 2 amide bonds. The molecule has 2 atom stereocenters. The zero-order valence-electron chi connectivity index (χ0n) is 12.2. The maximum Gasteiger partial charge on any atom is 0.335 e. The highest BCUT2D eigenvalue weighted by Crippen LogP contribution is 2.71. The van der Waals surface area contributed by atoms with Crippen molar-refractivity contribution in [2.75, 3.05) is 33.3 Å². The highest BCUT2D eigenvalue weighted by molar-refractivity contribution is 5.80. The lowest BCUT2D eigenvalue weighted by molar-refractivity contribution is -0.250. The molecule has 0 radical (unpaired) electrons. The molecule has 2 heterocycles. The Bertz CT molecular complexity index is 489. The number of carbonyl (C=O) groups is 2. The number of piperazine rings is 1. The molecular formula is C14H21N3O4. The van der Waals surface area contributed by atoms with Gasteiger partial charge in [-0.3, -0.25) is 0 Å². The van der Waals surface area contributed by atoms with Crippen LogP contribution in [0.3, 0.4) is 0 Å². The maximum absolute atomic E-state index is 12.5. The minimum absolute atomic E-state index is 0.122. The Kier molecular flexibility index (Phi) is 2.60. The predicted octanol–water partition coefficient (Wildman–Crippen LogP) is -0.848. The van der Waals surface area contributed by atoms with Crippen LogP contribution >= 0.6 is 0 Å². The largest absolute Gasteiger partial charge is 0.467 e. The highest BCUT2D eigenvalue weighted by Gasteiger charge is 2.75. The molecule has 0 spiro atoms. The van der Waals surface area contributed by atoms with Gasteiger partial charge in [0, 0.05) is 37.1 Å². The van der Waals surface area contributed by atoms with Crippen molar-refractivity contribution in [3.63, 3.8) is 0 Å². The molecule has 5 aliphatic rings. The van der Waals surface area contributed by atoms with E-state index in [2.05, 4.69) is 10.1 Å². The summed E-state index contributed by atoms with van der Waals surface area (Å²) in [6.45, 7) is 3.24. The molecule has 3 aliphatic carbocycles. The molecule has 1 unspecified atom stereocenters. The lowest BCUT2D eigenvalue weighted by atomic mass is 9.37. The number of aliphatic hydroxyl groups is 1. The van der Waals surface area contributed by atoms with Crippen molar-refractivity contribution in [2.45, 2.75) is 36.9 Å². The van der Waals surface area contributed by atoms with Crippen molar-refractivity contribution in [1.29, 1.82) is 0 Å². The fourth-order valence-corrected chi connectivity index (χ4v) is 4.76. The van der Waals surface area contributed by atoms with Crippen molar-refractivity contribution in [2.24, 2.45) is 5.41 Å². The number of rotatable bonds is 3. The SMILES string of the molecule is COC(=O)C(O)C12CC(N3C[C@@H]4CNCCN4C3=O)(C1)C2. The first-order valence-electron chi connectivity index (χ1n) is 7.56. The van der Waals surface area contributed by atoms with Crippen molar-refractivity contribution < 1.29 is 19.4 Å². The Morgan fingerprint density at radius 3 is 2.81 bits per heavy atom. The van der Waals surface area contributed by atoms with E-state index in [1.165, 1.54) is 7.11 Å². The van der Waals surface area contributed by atoms with E-state index in [9.17, 15) is 14.7 Å². The summed E-state index contributed by atoms with van der Waals surface area (Å²) in [5.74, 6) is -0.558. The molecule has 5 rings (SSSR count). The van der Waals surface area contributed by atoms with Crippen molar-refractivity contribution in [1.82, 2.24) is 15.1 Å². The highest BCUT2D eigenvalue weighted by atomic mass is 16.5. The monoisotopic (exact) mass is 295 g/mol. The van der Waals surface area contributed by atoms with Gasteiger partial charge in [-0.05, 0) is 19.3 Å². The van der Waals surface area contributed by atoms with E-state index in [-0.39, 0.29) is 23.0 Å². The number of esters is 1. The second-order valence-corrected chi connectivity index (χ2v) is 6.99. The molecule has 0 aromatic rings. The van der Waals surface area contributed by atoms with Crippen LogP contribution in [0, 0.1) is 5.41 Å². The number of hydrogen-bond donors (Lipinski definition) is 2. The summed E-state index contributed by atoms with van der Waals surface area (Å²) in [6.07, 6.45) is 1.11. The number of methoxy groups -OCH3 is 1. The summed E-state index contributed by atoms with van der Waals surface area (Å²) < 4.78 is 4.63. The lowest BCUT2D eigenvalue weighted by Gasteiger charge is -2.73. The first-order chi connectivity index (χ1) is 10.0. The number of hydrogen-bond acceptors (Lipinski definition) is 5. The number of nitrogens with one attached hydrogen (secondary N) is 1. The van der Waals surface area contributed by atoms with Crippen LogP contribution in [0.5, 0.6) is 0 Å². The first-order valence-corrected chi connectivity index (χ1v) is 7.56. The fraction of sp³-hybridized carbons (Fsp3) is 0.857. The van der Waals surface area contributed by atoms with E-state index in [0.717, 1.165) is 45.4 Å². The minimum Gasteiger partial charge on any atom is -0.467 e. The van der Waals surface area contributed by atoms with E-state index in [1.54, 1.807) is 0 Å². The van der Waals surface area contributed by atoms with Crippen molar-refractivity contribution in [3.8, 4) is 0 Å². The number of amides is 2. The molecular weight excluding hydrogens is 274 g/mol. The van der Waals surface area contributed by atoms with Crippen LogP contribution in [0.2, 0.25) is 0 Å². The van der Waals surface area contributed by atoms with E-state index < -0.39 is 12.1 Å². The third kappa shape index (κ3) is 1.56. The number of ether oxygens (including phenoxy) is 1. The number of carbonyl (C=O) groups excluding carboxylic acids is 2. The van der Waals surface area contributed by atoms with Gasteiger partial charge in [0.15, 0.2) is 6.10 Å². The average Bonchev–Trinajstić information content (AvgIpc) is 2.73. The molecule has 5 fully saturated rings. The molecule has 2 saturated heterocycles. The number of fused-ring (bicyclic) bond motifs is 1. The van der Waals surface area contributed by atoms with Crippen LogP contribution in [0.1, 0.15) is 19.3 Å². The topological polar surface area (TPSA) is 82.1 Å². The molecule has 0 aromatic carbocycles. The van der Waals surface area contributed by atoms with Gasteiger partial charge in [-0.15, -0.1) is 0 Å². The van der Waals surface area contributed by atoms with Gasteiger partial charge in [0.05, 0.1) is 13.2 Å². The summed E-state index contributed by atoms with van der Waals surface area (Å²) in [7, 11) is 1.29. The Balaban J connectivity index is 1.45. The lowest BCUT2D eigenvalue weighted by Crippen LogP contribution is -2.79. The van der Waals surface area contributed by atoms with Gasteiger partial charge < -0.3 is 25.0 Å². The van der Waals surface area contributed by atoms with Gasteiger partial charge in [-0.1, -0.05) is 0 Å². The van der Waals surface area contributed by atoms with Gasteiger partial charge in [0.25, 0.3) is 0 Å². The molecule has 0 aromatic heterocycles. The van der Waals surface area contributed by atoms with Crippen molar-refractivity contribution >= 4 is 12.0 Å². The zero-order valence-corrected chi connectivity index (χ0v) is 12.2. The Labute approximate surface area is 123 Å². The van der Waals surface area contributed by atoms with Crippen LogP contribution in [-0.4, -0.2) is 77.9 Å². The number of nitrogens with zero attached hydrogens (tertiary/aromatic N) is 2. The second-order valence-electron chi connectivity index (χ2n) is 6.99. The van der Waals surface area contributed by atoms with E-state index in [0.29, 0.717) is 0 Å². The molecule has 116 valence electrons. The van der Waals surface area contributed by atoms with Gasteiger partial charge in [0.2, 0.25) is 0 Å². The third-order valence-corrected chi connectivity index (χ3v) is 5.84. The standard InChI is InChI=1S/C14H21N3O4/c1-21-11(19)10(18)13-6-14(7-13,8-13)17-5-9-4-15-2-3-16(9)12(17)20/h9-10,15,18H,2-8H2,1H3/t9-,10?,13?,14?/m0/s1. The molecule has 3 saturated carbocycles. The number of aliphatic hydroxyl groups excluding tert-OH is 1. The van der Waals surface area contributed by atoms with Crippen LogP contribution in [0.25, 0.3) is 0 Å². The quantitative estimate of drug-likeness (QED) is 0.663. The maximum atomic E-state index is 12.5. The van der Waals surface area contributed by atoms with Gasteiger partial charge in [0.1, 0.15) is 0 Å². The smallest absolute Gasteiger partial charge is 0.335 e. The second kappa shape index (κ2) is 4.10. The van der Waals surface area contributed by atoms with Crippen LogP contribution in [0.15, 0.2) is 0 Å². The van der Waals surface area contributed by atoms with Gasteiger partial charge >= 0.3 is 12.0 Å². The molecule has 2 N–H and O–H groups in total. The predicted molar refractivity (Wildman–Crippen MR) is 72.5 cm³/mol. The van der Waals surface area contributed by atoms with E-state index in [1.807, 2.05) is 9.80 Å². The van der Waals surface area contributed by atoms with Crippen LogP contribution < -0.4 is 5.32 Å². The van der Waals surface area contributed by atoms with Crippen molar-refractivity contribution in [3.05, 3.63) is 0 Å². The Morgan fingerprint density at radius 1 is 1.48 bits per heavy atom. The van der Waals surface area contributed by atoms with E-state index in [4.69, 9.17) is 0 Å². The summed E-state index contributed by atoms with van der Waals surface area (Å²) in [5, 5.41) is 13.4. The van der Waals surface area contributed by atoms with Gasteiger partial charge in [-0.25, -0.2) is 9.59 Å². The zero-order chi connectivity index (χ0) is 14.8. The summed E-state index contributed by atoms with van der Waals surface area (Å²) in [4.78, 5) is 28.0.